The third-order valence-electron chi connectivity index (χ3n) is 12.2. The lowest BCUT2D eigenvalue weighted by Gasteiger charge is -2.26. The third-order valence-corrected chi connectivity index (χ3v) is 12.2. The van der Waals surface area contributed by atoms with Crippen molar-refractivity contribution < 1.29 is 4.42 Å². The third kappa shape index (κ3) is 5.90. The van der Waals surface area contributed by atoms with Crippen molar-refractivity contribution in [2.24, 2.45) is 0 Å². The summed E-state index contributed by atoms with van der Waals surface area (Å²) in [5, 5.41) is 7.13. The van der Waals surface area contributed by atoms with E-state index in [4.69, 9.17) is 4.42 Å². The zero-order valence-electron chi connectivity index (χ0n) is 33.2. The van der Waals surface area contributed by atoms with Crippen LogP contribution >= 0.6 is 0 Å². The van der Waals surface area contributed by atoms with E-state index in [2.05, 4.69) is 234 Å². The van der Waals surface area contributed by atoms with Crippen molar-refractivity contribution in [1.82, 2.24) is 4.57 Å². The van der Waals surface area contributed by atoms with Crippen molar-refractivity contribution >= 4 is 71.6 Å². The van der Waals surface area contributed by atoms with Crippen LogP contribution in [0.5, 0.6) is 0 Å². The maximum Gasteiger partial charge on any atom is 0.143 e. The first-order valence-corrected chi connectivity index (χ1v) is 20.8. The number of aromatic nitrogens is 1. The van der Waals surface area contributed by atoms with Gasteiger partial charge in [-0.15, -0.1) is 0 Å². The SMILES string of the molecule is c1ccc(N(c2cccc(-c3ccc(-c4ccc5c6ccccc6n(-c6ccccc6)c5c4)cc3-c3cccc4c3oc3ccccc34)c2)c2ccc3ccccc3c2)cc1. The lowest BCUT2D eigenvalue weighted by Crippen LogP contribution is -2.09. The summed E-state index contributed by atoms with van der Waals surface area (Å²) >= 11 is 0. The second-order valence-corrected chi connectivity index (χ2v) is 15.7. The van der Waals surface area contributed by atoms with Crippen molar-refractivity contribution in [1.29, 1.82) is 0 Å². The Bertz CT molecular complexity index is 3600. The lowest BCUT2D eigenvalue weighted by atomic mass is 9.90. The Kier molecular flexibility index (Phi) is 8.17. The molecule has 0 amide bonds. The molecule has 0 aliphatic rings. The second-order valence-electron chi connectivity index (χ2n) is 15.7. The smallest absolute Gasteiger partial charge is 0.143 e. The molecule has 61 heavy (non-hydrogen) atoms. The Morgan fingerprint density at radius 1 is 0.328 bits per heavy atom. The van der Waals surface area contributed by atoms with Gasteiger partial charge in [0, 0.05) is 49.9 Å². The van der Waals surface area contributed by atoms with Gasteiger partial charge in [0.1, 0.15) is 11.2 Å². The van der Waals surface area contributed by atoms with Crippen LogP contribution in [0, 0.1) is 0 Å². The van der Waals surface area contributed by atoms with Gasteiger partial charge in [0.15, 0.2) is 0 Å². The molecule has 0 atom stereocenters. The van der Waals surface area contributed by atoms with E-state index in [1.165, 1.54) is 32.6 Å². The molecule has 0 N–H and O–H groups in total. The molecule has 0 bridgehead atoms. The van der Waals surface area contributed by atoms with Gasteiger partial charge in [0.25, 0.3) is 0 Å². The van der Waals surface area contributed by atoms with Gasteiger partial charge in [-0.1, -0.05) is 158 Å². The quantitative estimate of drug-likeness (QED) is 0.161. The summed E-state index contributed by atoms with van der Waals surface area (Å²) in [5.41, 5.74) is 15.3. The first kappa shape index (κ1) is 34.9. The van der Waals surface area contributed by atoms with Crippen LogP contribution in [0.3, 0.4) is 0 Å². The maximum atomic E-state index is 6.73. The topological polar surface area (TPSA) is 21.3 Å². The van der Waals surface area contributed by atoms with Crippen molar-refractivity contribution in [2.45, 2.75) is 0 Å². The van der Waals surface area contributed by atoms with Gasteiger partial charge >= 0.3 is 0 Å². The standard InChI is InChI=1S/C58H38N2O/c1-3-18-44(19-4-1)59(47-32-29-39-15-7-8-16-40(39)35-47)46-22-13-17-43(36-46)48-33-30-41(37-54(48)53-26-14-25-52-51-24-10-12-28-57(51)61-58(52)53)42-31-34-50-49-23-9-11-27-55(49)60(56(50)38-42)45-20-5-2-6-21-45/h1-38H. The lowest BCUT2D eigenvalue weighted by molar-refractivity contribution is 0.670. The molecule has 0 spiro atoms. The Morgan fingerprint density at radius 2 is 0.984 bits per heavy atom. The highest BCUT2D eigenvalue weighted by Gasteiger charge is 2.20. The molecule has 2 heterocycles. The predicted octanol–water partition coefficient (Wildman–Crippen LogP) is 16.3. The number of para-hydroxylation sites is 5. The summed E-state index contributed by atoms with van der Waals surface area (Å²) in [6.45, 7) is 0. The van der Waals surface area contributed by atoms with Crippen LogP contribution in [-0.4, -0.2) is 4.57 Å². The highest BCUT2D eigenvalue weighted by Crippen LogP contribution is 2.44. The van der Waals surface area contributed by atoms with E-state index >= 15 is 0 Å². The molecule has 0 saturated heterocycles. The molecular weight excluding hydrogens is 741 g/mol. The predicted molar refractivity (Wildman–Crippen MR) is 257 cm³/mol. The number of anilines is 3. The van der Waals surface area contributed by atoms with Crippen LogP contribution in [0.25, 0.3) is 93.6 Å². The van der Waals surface area contributed by atoms with E-state index in [0.29, 0.717) is 0 Å². The molecular formula is C58H38N2O. The van der Waals surface area contributed by atoms with Gasteiger partial charge in [-0.2, -0.15) is 0 Å². The molecule has 3 heteroatoms. The fourth-order valence-corrected chi connectivity index (χ4v) is 9.32. The normalized spacial score (nSPS) is 11.6. The molecule has 0 fully saturated rings. The Balaban J connectivity index is 1.07. The molecule has 2 aromatic heterocycles. The molecule has 0 unspecified atom stereocenters. The second kappa shape index (κ2) is 14.3. The van der Waals surface area contributed by atoms with Gasteiger partial charge in [0.05, 0.1) is 11.0 Å². The molecule has 0 aliphatic heterocycles. The number of hydrogen-bond acceptors (Lipinski definition) is 2. The fraction of sp³-hybridized carbons (Fsp3) is 0. The van der Waals surface area contributed by atoms with Crippen molar-refractivity contribution in [2.75, 3.05) is 4.90 Å². The van der Waals surface area contributed by atoms with E-state index in [0.717, 1.165) is 78.1 Å². The van der Waals surface area contributed by atoms with Crippen LogP contribution < -0.4 is 4.90 Å². The van der Waals surface area contributed by atoms with E-state index in [-0.39, 0.29) is 0 Å². The van der Waals surface area contributed by atoms with Crippen molar-refractivity contribution in [3.63, 3.8) is 0 Å². The Labute approximate surface area is 353 Å². The first-order valence-electron chi connectivity index (χ1n) is 20.8. The molecule has 0 saturated carbocycles. The largest absolute Gasteiger partial charge is 0.455 e. The van der Waals surface area contributed by atoms with Crippen LogP contribution in [0.4, 0.5) is 17.1 Å². The average Bonchev–Trinajstić information content (AvgIpc) is 3.88. The van der Waals surface area contributed by atoms with Gasteiger partial charge in [-0.25, -0.2) is 0 Å². The van der Waals surface area contributed by atoms with Gasteiger partial charge < -0.3 is 13.9 Å². The minimum absolute atomic E-state index is 0.887. The zero-order chi connectivity index (χ0) is 40.3. The molecule has 286 valence electrons. The molecule has 3 nitrogen and oxygen atoms in total. The van der Waals surface area contributed by atoms with E-state index < -0.39 is 0 Å². The Hall–Kier alpha value is -8.14. The molecule has 12 aromatic rings. The van der Waals surface area contributed by atoms with E-state index in [9.17, 15) is 0 Å². The average molecular weight is 779 g/mol. The van der Waals surface area contributed by atoms with Gasteiger partial charge in [0.2, 0.25) is 0 Å². The van der Waals surface area contributed by atoms with Gasteiger partial charge in [-0.05, 0) is 111 Å². The van der Waals surface area contributed by atoms with Crippen LogP contribution in [0.15, 0.2) is 235 Å². The molecule has 12 rings (SSSR count). The summed E-state index contributed by atoms with van der Waals surface area (Å²) in [5.74, 6) is 0. The number of benzene rings is 10. The van der Waals surface area contributed by atoms with E-state index in [1.54, 1.807) is 0 Å². The molecule has 10 aromatic carbocycles. The fourth-order valence-electron chi connectivity index (χ4n) is 9.32. The summed E-state index contributed by atoms with van der Waals surface area (Å²) in [6, 6.07) is 82.9. The summed E-state index contributed by atoms with van der Waals surface area (Å²) < 4.78 is 9.12. The number of hydrogen-bond donors (Lipinski definition) is 0. The molecule has 0 radical (unpaired) electrons. The Morgan fingerprint density at radius 3 is 1.87 bits per heavy atom. The maximum absolute atomic E-state index is 6.73. The summed E-state index contributed by atoms with van der Waals surface area (Å²) in [6.07, 6.45) is 0. The van der Waals surface area contributed by atoms with E-state index in [1.807, 2.05) is 6.07 Å². The molecule has 0 aliphatic carbocycles. The van der Waals surface area contributed by atoms with Crippen LogP contribution in [0.2, 0.25) is 0 Å². The minimum atomic E-state index is 0.887. The number of rotatable bonds is 7. The number of furan rings is 1. The van der Waals surface area contributed by atoms with Crippen molar-refractivity contribution in [3.8, 4) is 39.1 Å². The minimum Gasteiger partial charge on any atom is -0.455 e. The zero-order valence-corrected chi connectivity index (χ0v) is 33.2. The van der Waals surface area contributed by atoms with Crippen LogP contribution in [0.1, 0.15) is 0 Å². The highest BCUT2D eigenvalue weighted by molar-refractivity contribution is 6.12. The number of nitrogens with zero attached hydrogens (tertiary/aromatic N) is 2. The highest BCUT2D eigenvalue weighted by atomic mass is 16.3. The van der Waals surface area contributed by atoms with Gasteiger partial charge in [-0.3, -0.25) is 0 Å². The monoisotopic (exact) mass is 778 g/mol. The summed E-state index contributed by atoms with van der Waals surface area (Å²) in [7, 11) is 0. The number of fused-ring (bicyclic) bond motifs is 7. The first-order chi connectivity index (χ1) is 30.2. The van der Waals surface area contributed by atoms with Crippen molar-refractivity contribution in [3.05, 3.63) is 231 Å². The summed E-state index contributed by atoms with van der Waals surface area (Å²) in [4.78, 5) is 2.35. The van der Waals surface area contributed by atoms with Crippen LogP contribution in [-0.2, 0) is 0 Å².